The molecular formula is C31H46INO4. The number of amides is 1. The summed E-state index contributed by atoms with van der Waals surface area (Å²) in [5.74, 6) is 4.40. The molecule has 37 heavy (non-hydrogen) atoms. The van der Waals surface area contributed by atoms with E-state index in [1.165, 1.54) is 43.9 Å². The van der Waals surface area contributed by atoms with Crippen molar-refractivity contribution >= 4 is 34.5 Å². The van der Waals surface area contributed by atoms with Gasteiger partial charge in [-0.15, -0.1) is 0 Å². The zero-order valence-corrected chi connectivity index (χ0v) is 25.7. The van der Waals surface area contributed by atoms with E-state index in [0.29, 0.717) is 33.8 Å². The molecule has 206 valence electrons. The molecule has 0 aromatic carbocycles. The van der Waals surface area contributed by atoms with Gasteiger partial charge in [0.1, 0.15) is 12.2 Å². The first-order valence-corrected chi connectivity index (χ1v) is 15.8. The van der Waals surface area contributed by atoms with Crippen LogP contribution in [0.3, 0.4) is 0 Å². The largest absolute Gasteiger partial charge is 0.494 e. The molecule has 1 saturated heterocycles. The van der Waals surface area contributed by atoms with Gasteiger partial charge in [0.2, 0.25) is 5.91 Å². The molecule has 1 N–H and O–H groups in total. The molecule has 5 aliphatic rings. The Kier molecular flexibility index (Phi) is 7.56. The molecule has 4 fully saturated rings. The highest BCUT2D eigenvalue weighted by Crippen LogP contribution is 2.69. The molecule has 0 bridgehead atoms. The number of hydrogen-bond acceptors (Lipinski definition) is 4. The van der Waals surface area contributed by atoms with Gasteiger partial charge in [-0.2, -0.15) is 0 Å². The van der Waals surface area contributed by atoms with Crippen LogP contribution >= 0.6 is 22.6 Å². The van der Waals surface area contributed by atoms with E-state index < -0.39 is 0 Å². The lowest BCUT2D eigenvalue weighted by Crippen LogP contribution is -2.51. The van der Waals surface area contributed by atoms with Crippen molar-refractivity contribution in [2.75, 3.05) is 6.54 Å². The maximum absolute atomic E-state index is 11.6. The number of carbonyl (C=O) groups is 2. The van der Waals surface area contributed by atoms with Crippen molar-refractivity contribution < 1.29 is 19.1 Å². The van der Waals surface area contributed by atoms with E-state index in [0.717, 1.165) is 43.4 Å². The molecule has 3 saturated carbocycles. The van der Waals surface area contributed by atoms with Crippen LogP contribution in [0.15, 0.2) is 23.0 Å². The molecule has 5 nitrogen and oxygen atoms in total. The van der Waals surface area contributed by atoms with Gasteiger partial charge < -0.3 is 14.8 Å². The second-order valence-corrected chi connectivity index (χ2v) is 15.1. The van der Waals surface area contributed by atoms with E-state index in [1.54, 1.807) is 12.5 Å². The molecule has 6 heteroatoms. The lowest BCUT2D eigenvalue weighted by atomic mass is 9.47. The summed E-state index contributed by atoms with van der Waals surface area (Å²) >= 11 is 2.46. The molecular weight excluding hydrogens is 577 g/mol. The fraction of sp³-hybridized carbons (Fsp3) is 0.806. The molecule has 1 aliphatic heterocycles. The van der Waals surface area contributed by atoms with E-state index in [4.69, 9.17) is 9.47 Å². The summed E-state index contributed by atoms with van der Waals surface area (Å²) in [6.07, 6.45) is 12.0. The number of esters is 1. The second-order valence-electron chi connectivity index (χ2n) is 13.4. The Balaban J connectivity index is 1.31. The summed E-state index contributed by atoms with van der Waals surface area (Å²) in [4.78, 5) is 22.9. The highest BCUT2D eigenvalue weighted by molar-refractivity contribution is 14.1. The third-order valence-electron chi connectivity index (χ3n) is 11.2. The summed E-state index contributed by atoms with van der Waals surface area (Å²) < 4.78 is 12.8. The Morgan fingerprint density at radius 3 is 2.65 bits per heavy atom. The minimum atomic E-state index is -0.145. The molecule has 1 heterocycles. The van der Waals surface area contributed by atoms with Crippen LogP contribution in [0.25, 0.3) is 0 Å². The Bertz CT molecular complexity index is 1010. The summed E-state index contributed by atoms with van der Waals surface area (Å²) in [7, 11) is 0. The predicted molar refractivity (Wildman–Crippen MR) is 154 cm³/mol. The van der Waals surface area contributed by atoms with Gasteiger partial charge in [0.25, 0.3) is 0 Å². The van der Waals surface area contributed by atoms with Crippen LogP contribution in [-0.4, -0.2) is 34.6 Å². The first-order valence-electron chi connectivity index (χ1n) is 14.6. The van der Waals surface area contributed by atoms with Gasteiger partial charge in [0.05, 0.1) is 5.76 Å². The van der Waals surface area contributed by atoms with Crippen molar-refractivity contribution in [2.24, 2.45) is 40.4 Å². The third kappa shape index (κ3) is 4.80. The van der Waals surface area contributed by atoms with Gasteiger partial charge in [-0.25, -0.2) is 0 Å². The van der Waals surface area contributed by atoms with E-state index in [-0.39, 0.29) is 23.4 Å². The molecule has 0 aromatic rings. The number of halogens is 1. The van der Waals surface area contributed by atoms with Crippen molar-refractivity contribution in [3.05, 3.63) is 23.0 Å². The van der Waals surface area contributed by atoms with Crippen molar-refractivity contribution in [1.82, 2.24) is 5.32 Å². The van der Waals surface area contributed by atoms with E-state index in [2.05, 4.69) is 61.7 Å². The predicted octanol–water partition coefficient (Wildman–Crippen LogP) is 6.75. The number of rotatable bonds is 5. The first-order chi connectivity index (χ1) is 17.4. The van der Waals surface area contributed by atoms with Crippen LogP contribution in [0.4, 0.5) is 0 Å². The lowest BCUT2D eigenvalue weighted by Gasteiger charge is -2.58. The monoisotopic (exact) mass is 623 g/mol. The van der Waals surface area contributed by atoms with E-state index in [9.17, 15) is 9.59 Å². The number of alkyl halides is 1. The standard InChI is InChI=1S/C31H46INO4/c1-17(13-22(32)16-33-19(3)34)29-18(2)28-27(37-29)15-26-24-8-7-21-14-23(36-20(4)35)9-11-30(21,5)25(24)10-12-31(26,28)6/h7,18,22-28H,8-16H2,1-6H3,(H,33,34)/b29-17-/t18-,22-,23-,24+,25-,26-,27+,28-,30-,31-/m0/s1. The minimum Gasteiger partial charge on any atom is -0.494 e. The summed E-state index contributed by atoms with van der Waals surface area (Å²) in [6, 6.07) is 0. The zero-order chi connectivity index (χ0) is 26.7. The van der Waals surface area contributed by atoms with Gasteiger partial charge in [-0.1, -0.05) is 55.0 Å². The smallest absolute Gasteiger partial charge is 0.302 e. The van der Waals surface area contributed by atoms with Crippen LogP contribution in [0.2, 0.25) is 0 Å². The lowest BCUT2D eigenvalue weighted by molar-refractivity contribution is -0.148. The number of ether oxygens (including phenoxy) is 2. The number of carbonyl (C=O) groups excluding carboxylic acids is 2. The molecule has 0 aromatic heterocycles. The van der Waals surface area contributed by atoms with Crippen LogP contribution in [0, 0.1) is 40.4 Å². The van der Waals surface area contributed by atoms with Crippen LogP contribution in [0.1, 0.15) is 92.9 Å². The normalized spacial score (nSPS) is 44.3. The zero-order valence-electron chi connectivity index (χ0n) is 23.6. The second kappa shape index (κ2) is 10.2. The summed E-state index contributed by atoms with van der Waals surface area (Å²) in [5.41, 5.74) is 3.52. The number of allylic oxidation sites excluding steroid dienone is 3. The van der Waals surface area contributed by atoms with Gasteiger partial charge in [0, 0.05) is 42.6 Å². The fourth-order valence-electron chi connectivity index (χ4n) is 9.69. The Morgan fingerprint density at radius 1 is 1.19 bits per heavy atom. The van der Waals surface area contributed by atoms with Crippen LogP contribution in [-0.2, 0) is 19.1 Å². The molecule has 0 spiro atoms. The highest BCUT2D eigenvalue weighted by Gasteiger charge is 2.65. The molecule has 0 unspecified atom stereocenters. The first kappa shape index (κ1) is 27.5. The fourth-order valence-corrected chi connectivity index (χ4v) is 10.6. The van der Waals surface area contributed by atoms with Crippen molar-refractivity contribution in [3.63, 3.8) is 0 Å². The van der Waals surface area contributed by atoms with Gasteiger partial charge in [-0.05, 0) is 86.0 Å². The maximum atomic E-state index is 11.6. The number of hydrogen-bond donors (Lipinski definition) is 1. The quantitative estimate of drug-likeness (QED) is 0.159. The topological polar surface area (TPSA) is 64.6 Å². The van der Waals surface area contributed by atoms with E-state index in [1.807, 2.05) is 0 Å². The summed E-state index contributed by atoms with van der Waals surface area (Å²) in [6.45, 7) is 13.6. The average molecular weight is 624 g/mol. The van der Waals surface area contributed by atoms with E-state index >= 15 is 0 Å². The van der Waals surface area contributed by atoms with Gasteiger partial charge >= 0.3 is 5.97 Å². The molecule has 1 amide bonds. The van der Waals surface area contributed by atoms with Crippen molar-refractivity contribution in [3.8, 4) is 0 Å². The number of fused-ring (bicyclic) bond motifs is 7. The highest BCUT2D eigenvalue weighted by atomic mass is 127. The Labute approximate surface area is 237 Å². The Morgan fingerprint density at radius 2 is 1.95 bits per heavy atom. The molecule has 4 aliphatic carbocycles. The van der Waals surface area contributed by atoms with Crippen LogP contribution in [0.5, 0.6) is 0 Å². The maximum Gasteiger partial charge on any atom is 0.302 e. The number of nitrogens with one attached hydrogen (secondary N) is 1. The SMILES string of the molecule is CC(=O)NC[C@@H](I)C/C(C)=C1\O[C@@H]2C[C@H]3[C@@H]4CC=C5C[C@@H](OC(C)=O)CC[C@]5(C)[C@H]4CC[C@]3(C)[C@H]2[C@@H]1C. The molecule has 0 radical (unpaired) electrons. The average Bonchev–Trinajstić information content (AvgIpc) is 3.31. The minimum absolute atomic E-state index is 0.0394. The van der Waals surface area contributed by atoms with Crippen molar-refractivity contribution in [1.29, 1.82) is 0 Å². The van der Waals surface area contributed by atoms with Gasteiger partial charge in [0.15, 0.2) is 0 Å². The van der Waals surface area contributed by atoms with Crippen molar-refractivity contribution in [2.45, 2.75) is 109 Å². The van der Waals surface area contributed by atoms with Crippen LogP contribution < -0.4 is 5.32 Å². The van der Waals surface area contributed by atoms with Gasteiger partial charge in [-0.3, -0.25) is 9.59 Å². The Hall–Kier alpha value is -1.05. The summed E-state index contributed by atoms with van der Waals surface area (Å²) in [5, 5.41) is 2.96. The molecule has 10 atom stereocenters. The third-order valence-corrected chi connectivity index (χ3v) is 12.1. The molecule has 5 rings (SSSR count).